The van der Waals surface area contributed by atoms with Gasteiger partial charge in [-0.05, 0) is 18.9 Å². The highest BCUT2D eigenvalue weighted by molar-refractivity contribution is 7.89. The topological polar surface area (TPSA) is 94.3 Å². The number of nitrogens with two attached hydrogens (primary N) is 1. The molecule has 1 aliphatic heterocycles. The van der Waals surface area contributed by atoms with Crippen LogP contribution in [0, 0.1) is 5.92 Å². The molecule has 3 N–H and O–H groups in total. The Morgan fingerprint density at radius 3 is 3.05 bits per heavy atom. The van der Waals surface area contributed by atoms with Crippen LogP contribution in [0.4, 0.5) is 5.69 Å². The van der Waals surface area contributed by atoms with E-state index in [1.54, 1.807) is 0 Å². The lowest BCUT2D eigenvalue weighted by Gasteiger charge is -2.17. The SMILES string of the molecule is CCC1OCCC1CNS(=O)(=O)c1cnccc1N. The van der Waals surface area contributed by atoms with Gasteiger partial charge in [-0.3, -0.25) is 4.98 Å². The molecule has 1 aromatic heterocycles. The first-order chi connectivity index (χ1) is 9.04. The van der Waals surface area contributed by atoms with Crippen LogP contribution in [0.15, 0.2) is 23.4 Å². The molecule has 0 aromatic carbocycles. The van der Waals surface area contributed by atoms with Crippen LogP contribution in [0.3, 0.4) is 0 Å². The largest absolute Gasteiger partial charge is 0.398 e. The fourth-order valence-electron chi connectivity index (χ4n) is 2.29. The first-order valence-electron chi connectivity index (χ1n) is 6.35. The molecule has 2 unspecified atom stereocenters. The van der Waals surface area contributed by atoms with Crippen LogP contribution >= 0.6 is 0 Å². The van der Waals surface area contributed by atoms with Crippen molar-refractivity contribution in [3.63, 3.8) is 0 Å². The molecule has 0 aliphatic carbocycles. The molecule has 0 bridgehead atoms. The van der Waals surface area contributed by atoms with Crippen LogP contribution in [-0.2, 0) is 14.8 Å². The van der Waals surface area contributed by atoms with Crippen molar-refractivity contribution in [2.45, 2.75) is 30.8 Å². The predicted molar refractivity (Wildman–Crippen MR) is 72.0 cm³/mol. The second kappa shape index (κ2) is 5.85. The summed E-state index contributed by atoms with van der Waals surface area (Å²) in [5, 5.41) is 0. The van der Waals surface area contributed by atoms with Crippen molar-refractivity contribution >= 4 is 15.7 Å². The molecular weight excluding hydrogens is 266 g/mol. The average Bonchev–Trinajstić information content (AvgIpc) is 2.84. The summed E-state index contributed by atoms with van der Waals surface area (Å²) in [6.45, 7) is 3.10. The molecule has 0 saturated carbocycles. The minimum Gasteiger partial charge on any atom is -0.398 e. The van der Waals surface area contributed by atoms with Gasteiger partial charge >= 0.3 is 0 Å². The van der Waals surface area contributed by atoms with E-state index in [1.807, 2.05) is 6.92 Å². The van der Waals surface area contributed by atoms with E-state index in [2.05, 4.69) is 9.71 Å². The van der Waals surface area contributed by atoms with Gasteiger partial charge in [-0.1, -0.05) is 6.92 Å². The summed E-state index contributed by atoms with van der Waals surface area (Å²) in [4.78, 5) is 3.83. The van der Waals surface area contributed by atoms with Crippen LogP contribution in [-0.4, -0.2) is 32.7 Å². The molecule has 1 saturated heterocycles. The molecule has 0 radical (unpaired) electrons. The zero-order chi connectivity index (χ0) is 13.9. The van der Waals surface area contributed by atoms with Gasteiger partial charge in [-0.15, -0.1) is 0 Å². The smallest absolute Gasteiger partial charge is 0.244 e. The van der Waals surface area contributed by atoms with Gasteiger partial charge in [0.1, 0.15) is 4.90 Å². The molecule has 106 valence electrons. The Morgan fingerprint density at radius 1 is 1.58 bits per heavy atom. The van der Waals surface area contributed by atoms with Crippen LogP contribution < -0.4 is 10.5 Å². The summed E-state index contributed by atoms with van der Waals surface area (Å²) in [7, 11) is -3.60. The maximum absolute atomic E-state index is 12.1. The van der Waals surface area contributed by atoms with Crippen molar-refractivity contribution in [1.82, 2.24) is 9.71 Å². The molecule has 2 rings (SSSR count). The molecule has 2 atom stereocenters. The van der Waals surface area contributed by atoms with E-state index >= 15 is 0 Å². The van der Waals surface area contributed by atoms with Crippen LogP contribution in [0.2, 0.25) is 0 Å². The third kappa shape index (κ3) is 3.23. The standard InChI is InChI=1S/C12H19N3O3S/c1-2-11-9(4-6-18-11)7-15-19(16,17)12-8-14-5-3-10(12)13/h3,5,8-9,11,15H,2,4,6-7H2,1H3,(H2,13,14). The highest BCUT2D eigenvalue weighted by Crippen LogP contribution is 2.23. The number of pyridine rings is 1. The van der Waals surface area contributed by atoms with Crippen molar-refractivity contribution in [3.05, 3.63) is 18.5 Å². The molecular formula is C12H19N3O3S. The van der Waals surface area contributed by atoms with E-state index in [1.165, 1.54) is 18.5 Å². The average molecular weight is 285 g/mol. The van der Waals surface area contributed by atoms with Crippen molar-refractivity contribution in [1.29, 1.82) is 0 Å². The summed E-state index contributed by atoms with van der Waals surface area (Å²) in [5.41, 5.74) is 5.87. The minimum atomic E-state index is -3.60. The number of rotatable bonds is 5. The lowest BCUT2D eigenvalue weighted by molar-refractivity contribution is 0.0884. The molecule has 0 amide bonds. The van der Waals surface area contributed by atoms with Crippen LogP contribution in [0.5, 0.6) is 0 Å². The summed E-state index contributed by atoms with van der Waals surface area (Å²) in [6.07, 6.45) is 4.63. The Labute approximate surface area is 113 Å². The van der Waals surface area contributed by atoms with Crippen molar-refractivity contribution in [3.8, 4) is 0 Å². The normalized spacial score (nSPS) is 23.6. The Balaban J connectivity index is 2.04. The maximum atomic E-state index is 12.1. The van der Waals surface area contributed by atoms with Gasteiger partial charge < -0.3 is 10.5 Å². The summed E-state index contributed by atoms with van der Waals surface area (Å²) in [6, 6.07) is 1.47. The van der Waals surface area contributed by atoms with Crippen molar-refractivity contribution in [2.24, 2.45) is 5.92 Å². The molecule has 1 aromatic rings. The van der Waals surface area contributed by atoms with Crippen LogP contribution in [0.1, 0.15) is 19.8 Å². The third-order valence-electron chi connectivity index (χ3n) is 3.39. The van der Waals surface area contributed by atoms with Crippen molar-refractivity contribution in [2.75, 3.05) is 18.9 Å². The fourth-order valence-corrected chi connectivity index (χ4v) is 3.45. The third-order valence-corrected chi connectivity index (χ3v) is 4.86. The van der Waals surface area contributed by atoms with E-state index < -0.39 is 10.0 Å². The Kier molecular flexibility index (Phi) is 4.38. The number of anilines is 1. The number of aromatic nitrogens is 1. The number of hydrogen-bond acceptors (Lipinski definition) is 5. The highest BCUT2D eigenvalue weighted by Gasteiger charge is 2.28. The van der Waals surface area contributed by atoms with Gasteiger partial charge in [-0.2, -0.15) is 0 Å². The molecule has 0 spiro atoms. The Hall–Kier alpha value is -1.18. The van der Waals surface area contributed by atoms with Gasteiger partial charge in [0.05, 0.1) is 11.8 Å². The van der Waals surface area contributed by atoms with Crippen LogP contribution in [0.25, 0.3) is 0 Å². The van der Waals surface area contributed by atoms with Gasteiger partial charge in [0.25, 0.3) is 0 Å². The zero-order valence-electron chi connectivity index (χ0n) is 10.9. The zero-order valence-corrected chi connectivity index (χ0v) is 11.7. The minimum absolute atomic E-state index is 0.0296. The number of nitrogens with zero attached hydrogens (tertiary/aromatic N) is 1. The second-order valence-electron chi connectivity index (χ2n) is 4.63. The van der Waals surface area contributed by atoms with E-state index in [0.717, 1.165) is 12.8 Å². The Morgan fingerprint density at radius 2 is 2.37 bits per heavy atom. The molecule has 1 fully saturated rings. The number of ether oxygens (including phenoxy) is 1. The van der Waals surface area contributed by atoms with E-state index in [-0.39, 0.29) is 22.6 Å². The monoisotopic (exact) mass is 285 g/mol. The maximum Gasteiger partial charge on any atom is 0.244 e. The predicted octanol–water partition coefficient (Wildman–Crippen LogP) is 0.757. The van der Waals surface area contributed by atoms with Crippen molar-refractivity contribution < 1.29 is 13.2 Å². The molecule has 6 nitrogen and oxygen atoms in total. The first-order valence-corrected chi connectivity index (χ1v) is 7.83. The van der Waals surface area contributed by atoms with Gasteiger partial charge in [0.15, 0.2) is 0 Å². The molecule has 19 heavy (non-hydrogen) atoms. The summed E-state index contributed by atoms with van der Waals surface area (Å²) < 4.78 is 32.4. The summed E-state index contributed by atoms with van der Waals surface area (Å²) >= 11 is 0. The van der Waals surface area contributed by atoms with Gasteiger partial charge in [0.2, 0.25) is 10.0 Å². The van der Waals surface area contributed by atoms with Gasteiger partial charge in [-0.25, -0.2) is 13.1 Å². The first kappa shape index (κ1) is 14.2. The van der Waals surface area contributed by atoms with E-state index in [0.29, 0.717) is 13.2 Å². The summed E-state index contributed by atoms with van der Waals surface area (Å²) in [5.74, 6) is 0.220. The number of sulfonamides is 1. The molecule has 2 heterocycles. The second-order valence-corrected chi connectivity index (χ2v) is 6.37. The highest BCUT2D eigenvalue weighted by atomic mass is 32.2. The molecule has 7 heteroatoms. The lowest BCUT2D eigenvalue weighted by Crippen LogP contribution is -2.33. The fraction of sp³-hybridized carbons (Fsp3) is 0.583. The number of hydrogen-bond donors (Lipinski definition) is 2. The Bertz CT molecular complexity index is 533. The van der Waals surface area contributed by atoms with E-state index in [9.17, 15) is 8.42 Å². The molecule has 1 aliphatic rings. The van der Waals surface area contributed by atoms with Gasteiger partial charge in [0, 0.05) is 31.5 Å². The lowest BCUT2D eigenvalue weighted by atomic mass is 10.0. The number of nitrogens with one attached hydrogen (secondary N) is 1. The van der Waals surface area contributed by atoms with E-state index in [4.69, 9.17) is 10.5 Å². The quantitative estimate of drug-likeness (QED) is 0.833. The number of nitrogen functional groups attached to an aromatic ring is 1.